The number of esters is 1. The number of Topliss-reactive ketones (excluding diaryl/α,β-unsaturated/α-hetero) is 2. The molecule has 378 valence electrons. The summed E-state index contributed by atoms with van der Waals surface area (Å²) in [6.45, 7) is 11.9. The molecule has 3 fully saturated rings. The van der Waals surface area contributed by atoms with E-state index in [1.54, 1.807) is 21.0 Å². The van der Waals surface area contributed by atoms with Crippen molar-refractivity contribution in [3.63, 3.8) is 0 Å². The van der Waals surface area contributed by atoms with Crippen molar-refractivity contribution in [2.24, 2.45) is 29.6 Å². The molecule has 3 N–H and O–H groups in total. The summed E-state index contributed by atoms with van der Waals surface area (Å²) in [4.78, 5) is 58.6. The molecule has 1 saturated carbocycles. The molecule has 1 aliphatic carbocycles. The molecule has 0 radical (unpaired) electrons. The Balaban J connectivity index is 1.29. The molecule has 2 unspecified atom stereocenters. The zero-order chi connectivity index (χ0) is 49.4. The molecule has 2 bridgehead atoms. The normalized spacial score (nSPS) is 36.4. The number of aromatic nitrogens is 1. The number of amides is 1. The van der Waals surface area contributed by atoms with Crippen LogP contribution in [-0.4, -0.2) is 137 Å². The molecular formula is C53H78N2O13. The van der Waals surface area contributed by atoms with Gasteiger partial charge in [-0.15, -0.1) is 0 Å². The van der Waals surface area contributed by atoms with Gasteiger partial charge < -0.3 is 53.2 Å². The Morgan fingerprint density at radius 2 is 1.63 bits per heavy atom. The lowest BCUT2D eigenvalue weighted by Crippen LogP contribution is -2.64. The highest BCUT2D eigenvalue weighted by Gasteiger charge is 2.56. The number of methoxy groups -OCH3 is 3. The summed E-state index contributed by atoms with van der Waals surface area (Å²) < 4.78 is 39.0. The van der Waals surface area contributed by atoms with Gasteiger partial charge in [-0.1, -0.05) is 45.4 Å². The number of benzene rings is 1. The molecule has 1 aromatic heterocycles. The maximum Gasteiger partial charge on any atom is 0.329 e. The highest BCUT2D eigenvalue weighted by atomic mass is 16.7. The summed E-state index contributed by atoms with van der Waals surface area (Å²) in [6, 6.07) is 6.77. The van der Waals surface area contributed by atoms with Crippen LogP contribution in [0, 0.1) is 29.6 Å². The van der Waals surface area contributed by atoms with E-state index in [1.165, 1.54) is 19.1 Å². The first-order chi connectivity index (χ1) is 32.5. The van der Waals surface area contributed by atoms with E-state index in [1.807, 2.05) is 61.9 Å². The first kappa shape index (κ1) is 53.4. The average molecular weight is 951 g/mol. The molecule has 2 aromatic rings. The van der Waals surface area contributed by atoms with Gasteiger partial charge in [0.15, 0.2) is 0 Å². The third kappa shape index (κ3) is 12.1. The molecular weight excluding hydrogens is 873 g/mol. The largest absolute Gasteiger partial charge is 0.488 e. The molecule has 6 rings (SSSR count). The zero-order valence-corrected chi connectivity index (χ0v) is 41.8. The van der Waals surface area contributed by atoms with Crippen molar-refractivity contribution in [3.8, 4) is 5.75 Å². The van der Waals surface area contributed by atoms with Gasteiger partial charge in [0.05, 0.1) is 31.0 Å². The van der Waals surface area contributed by atoms with E-state index >= 15 is 0 Å². The topological polar surface area (TPSA) is 193 Å². The maximum absolute atomic E-state index is 14.6. The van der Waals surface area contributed by atoms with Crippen molar-refractivity contribution in [1.29, 1.82) is 0 Å². The number of aliphatic hydroxyl groups excluding tert-OH is 2. The summed E-state index contributed by atoms with van der Waals surface area (Å²) in [5.74, 6) is -6.86. The van der Waals surface area contributed by atoms with Gasteiger partial charge in [-0.25, -0.2) is 4.79 Å². The van der Waals surface area contributed by atoms with E-state index < -0.39 is 77.8 Å². The Labute approximate surface area is 402 Å². The number of carbonyl (C=O) groups is 4. The third-order valence-electron chi connectivity index (χ3n) is 15.2. The number of aliphatic hydroxyl groups is 3. The lowest BCUT2D eigenvalue weighted by Gasteiger charge is -2.47. The predicted molar refractivity (Wildman–Crippen MR) is 256 cm³/mol. The predicted octanol–water partition coefficient (Wildman–Crippen LogP) is 6.51. The smallest absolute Gasteiger partial charge is 0.329 e. The van der Waals surface area contributed by atoms with Crippen LogP contribution in [0.15, 0.2) is 53.8 Å². The Morgan fingerprint density at radius 1 is 0.912 bits per heavy atom. The van der Waals surface area contributed by atoms with Crippen LogP contribution in [0.2, 0.25) is 0 Å². The summed E-state index contributed by atoms with van der Waals surface area (Å²) in [5.41, 5.74) is 2.68. The Bertz CT molecular complexity index is 2120. The van der Waals surface area contributed by atoms with Crippen LogP contribution < -0.4 is 4.74 Å². The van der Waals surface area contributed by atoms with Gasteiger partial charge in [0, 0.05) is 75.7 Å². The van der Waals surface area contributed by atoms with Crippen LogP contribution >= 0.6 is 0 Å². The molecule has 14 atom stereocenters. The first-order valence-electron chi connectivity index (χ1n) is 24.9. The molecule has 1 amide bonds. The van der Waals surface area contributed by atoms with Gasteiger partial charge in [-0.2, -0.15) is 0 Å². The Hall–Kier alpha value is -3.96. The number of nitrogens with zero attached hydrogens (tertiary/aromatic N) is 2. The fourth-order valence-corrected chi connectivity index (χ4v) is 11.2. The zero-order valence-electron chi connectivity index (χ0n) is 41.8. The quantitative estimate of drug-likeness (QED) is 0.133. The number of allylic oxidation sites excluding steroid dienone is 3. The lowest BCUT2D eigenvalue weighted by molar-refractivity contribution is -0.302. The van der Waals surface area contributed by atoms with Crippen LogP contribution in [0.25, 0.3) is 10.9 Å². The van der Waals surface area contributed by atoms with Crippen LogP contribution in [0.1, 0.15) is 112 Å². The molecule has 4 aliphatic rings. The number of cyclic esters (lactones) is 1. The van der Waals surface area contributed by atoms with Crippen LogP contribution in [0.5, 0.6) is 5.75 Å². The minimum absolute atomic E-state index is 0.00701. The number of hydrogen-bond acceptors (Lipinski definition) is 13. The second-order valence-electron chi connectivity index (χ2n) is 20.2. The van der Waals surface area contributed by atoms with Gasteiger partial charge in [-0.05, 0) is 120 Å². The number of ether oxygens (including phenoxy) is 6. The van der Waals surface area contributed by atoms with Crippen LogP contribution in [-0.2, 0) is 49.4 Å². The van der Waals surface area contributed by atoms with Gasteiger partial charge in [0.25, 0.3) is 11.7 Å². The molecule has 4 heterocycles. The third-order valence-corrected chi connectivity index (χ3v) is 15.2. The molecule has 3 aliphatic heterocycles. The van der Waals surface area contributed by atoms with E-state index in [2.05, 4.69) is 13.0 Å². The van der Waals surface area contributed by atoms with Gasteiger partial charge in [0.1, 0.15) is 35.9 Å². The molecule has 2 saturated heterocycles. The molecule has 15 nitrogen and oxygen atoms in total. The second-order valence-corrected chi connectivity index (χ2v) is 20.2. The summed E-state index contributed by atoms with van der Waals surface area (Å²) >= 11 is 0. The monoisotopic (exact) mass is 951 g/mol. The van der Waals surface area contributed by atoms with Crippen LogP contribution in [0.4, 0.5) is 0 Å². The average Bonchev–Trinajstić information content (AvgIpc) is 3.73. The van der Waals surface area contributed by atoms with E-state index in [0.29, 0.717) is 57.1 Å². The van der Waals surface area contributed by atoms with Crippen molar-refractivity contribution >= 4 is 34.3 Å². The van der Waals surface area contributed by atoms with Gasteiger partial charge in [-0.3, -0.25) is 14.4 Å². The number of rotatable bonds is 10. The molecule has 0 spiro atoms. The number of carbonyl (C=O) groups excluding carboxylic acids is 4. The highest BCUT2D eigenvalue weighted by Crippen LogP contribution is 2.40. The van der Waals surface area contributed by atoms with E-state index in [4.69, 9.17) is 28.4 Å². The Morgan fingerprint density at radius 3 is 2.32 bits per heavy atom. The summed E-state index contributed by atoms with van der Waals surface area (Å²) in [7, 11) is 4.74. The molecule has 68 heavy (non-hydrogen) atoms. The lowest BCUT2D eigenvalue weighted by atomic mass is 9.81. The van der Waals surface area contributed by atoms with Gasteiger partial charge >= 0.3 is 5.97 Å². The Kier molecular flexibility index (Phi) is 18.7. The number of hydrogen-bond donors (Lipinski definition) is 3. The van der Waals surface area contributed by atoms with Crippen LogP contribution in [0.3, 0.4) is 0 Å². The van der Waals surface area contributed by atoms with E-state index in [-0.39, 0.29) is 62.2 Å². The van der Waals surface area contributed by atoms with Crippen molar-refractivity contribution in [2.45, 2.75) is 173 Å². The number of piperidine rings is 1. The minimum atomic E-state index is -2.52. The fraction of sp³-hybridized carbons (Fsp3) is 0.698. The molecule has 1 aromatic carbocycles. The van der Waals surface area contributed by atoms with Gasteiger partial charge in [0.2, 0.25) is 5.79 Å². The highest BCUT2D eigenvalue weighted by molar-refractivity contribution is 6.39. The second kappa shape index (κ2) is 23.8. The van der Waals surface area contributed by atoms with E-state index in [0.717, 1.165) is 28.6 Å². The summed E-state index contributed by atoms with van der Waals surface area (Å²) in [5, 5.41) is 34.5. The number of fused-ring (bicyclic) bond motifs is 4. The van der Waals surface area contributed by atoms with Crippen molar-refractivity contribution in [2.75, 3.05) is 34.5 Å². The minimum Gasteiger partial charge on any atom is -0.488 e. The van der Waals surface area contributed by atoms with E-state index in [9.17, 15) is 34.5 Å². The van der Waals surface area contributed by atoms with Crippen molar-refractivity contribution in [3.05, 3.63) is 53.8 Å². The number of ketones is 2. The van der Waals surface area contributed by atoms with Crippen molar-refractivity contribution in [1.82, 2.24) is 9.47 Å². The van der Waals surface area contributed by atoms with Crippen molar-refractivity contribution < 1.29 is 62.9 Å². The molecule has 15 heteroatoms. The fourth-order valence-electron chi connectivity index (χ4n) is 11.2. The summed E-state index contributed by atoms with van der Waals surface area (Å²) in [6.07, 6.45) is 6.31. The standard InChI is InChI=1S/C53H78N2O13/c1-10-37-24-31(2)23-32(3)25-46(64-8)49-47(65-9)27-34(5)53(62,68-49)50(59)51(60)55-19-12-11-13-41(55)52(61)67-48(35(6)42(57)30-43(37)58)33(4)26-36-14-17-44(45(28-36)63-7)66-39-15-16-40-38(29-39)18-20-54(40)21-22-56/h15-16,18,20,24,26,29,32,34-37,41-42,44-49,56-57,62H,10-14,17,19,21-23,25,27-28,30H2,1-9H3/b31-24+,33-26+/t32-,34+,35+,36?,37+,41-,42-,44+,45+,46?,47-,48+,49+,53+/m0/s1. The maximum atomic E-state index is 14.6. The SMILES string of the molecule is CC[C@@H]1/C=C(\C)C[C@H](C)CC(OC)[C@H]2O[C@@](O)(C(=O)C(=O)N3CCCC[C@H]3C(=O)O[C@H](/C(C)=C/C3CC[C@@H](Oc4ccc5c(ccn5CCO)c4)[C@H](OC)C3)[C@H](C)[C@@H](O)CC1=O)[C@H](C)C[C@@H]2OC. The first-order valence-corrected chi connectivity index (χ1v) is 24.9.